The average Bonchev–Trinajstić information content (AvgIpc) is 2.66. The summed E-state index contributed by atoms with van der Waals surface area (Å²) in [7, 11) is 1.58. The molecule has 1 amide bonds. The molecule has 6 nitrogen and oxygen atoms in total. The summed E-state index contributed by atoms with van der Waals surface area (Å²) >= 11 is 0. The lowest BCUT2D eigenvalue weighted by molar-refractivity contribution is -0.123. The number of amides is 1. The Kier molecular flexibility index (Phi) is 5.28. The Labute approximate surface area is 146 Å². The van der Waals surface area contributed by atoms with Crippen molar-refractivity contribution in [3.8, 4) is 23.0 Å². The van der Waals surface area contributed by atoms with E-state index in [0.717, 1.165) is 11.3 Å². The molecule has 132 valence electrons. The van der Waals surface area contributed by atoms with Crippen LogP contribution in [0, 0.1) is 0 Å². The number of carbonyl (C=O) groups excluding carboxylic acids is 1. The zero-order chi connectivity index (χ0) is 17.6. The summed E-state index contributed by atoms with van der Waals surface area (Å²) < 4.78 is 21.7. The first kappa shape index (κ1) is 17.0. The maximum absolute atomic E-state index is 12.1. The maximum Gasteiger partial charge on any atom is 0.258 e. The van der Waals surface area contributed by atoms with E-state index < -0.39 is 0 Å². The largest absolute Gasteiger partial charge is 0.497 e. The monoisotopic (exact) mass is 343 g/mol. The molecule has 1 unspecified atom stereocenters. The van der Waals surface area contributed by atoms with Crippen molar-refractivity contribution in [1.82, 2.24) is 5.32 Å². The van der Waals surface area contributed by atoms with Gasteiger partial charge in [-0.1, -0.05) is 12.1 Å². The number of ether oxygens (including phenoxy) is 4. The Morgan fingerprint density at radius 2 is 1.88 bits per heavy atom. The third kappa shape index (κ3) is 4.35. The van der Waals surface area contributed by atoms with Gasteiger partial charge in [0.2, 0.25) is 0 Å². The van der Waals surface area contributed by atoms with Crippen LogP contribution in [0.5, 0.6) is 23.0 Å². The molecule has 2 aromatic rings. The SMILES string of the molecule is COc1cccc(OCC(=O)NC(C)c2ccc3c(c2)OCCO3)c1. The highest BCUT2D eigenvalue weighted by atomic mass is 16.6. The second kappa shape index (κ2) is 7.79. The summed E-state index contributed by atoms with van der Waals surface area (Å²) in [6.45, 7) is 2.93. The standard InChI is InChI=1S/C19H21NO5/c1-13(14-6-7-17-18(10-14)24-9-8-23-17)20-19(21)12-25-16-5-3-4-15(11-16)22-2/h3-7,10-11,13H,8-9,12H2,1-2H3,(H,20,21). The van der Waals surface area contributed by atoms with Gasteiger partial charge in [-0.3, -0.25) is 4.79 Å². The van der Waals surface area contributed by atoms with Gasteiger partial charge in [0.05, 0.1) is 13.2 Å². The lowest BCUT2D eigenvalue weighted by Gasteiger charge is -2.21. The molecule has 0 saturated heterocycles. The quantitative estimate of drug-likeness (QED) is 0.874. The van der Waals surface area contributed by atoms with Crippen LogP contribution >= 0.6 is 0 Å². The van der Waals surface area contributed by atoms with Crippen molar-refractivity contribution in [2.45, 2.75) is 13.0 Å². The van der Waals surface area contributed by atoms with Crippen molar-refractivity contribution in [2.24, 2.45) is 0 Å². The number of hydrogen-bond donors (Lipinski definition) is 1. The molecule has 1 N–H and O–H groups in total. The van der Waals surface area contributed by atoms with Gasteiger partial charge in [0.25, 0.3) is 5.91 Å². The molecule has 1 aliphatic heterocycles. The van der Waals surface area contributed by atoms with Crippen molar-refractivity contribution in [1.29, 1.82) is 0 Å². The summed E-state index contributed by atoms with van der Waals surface area (Å²) in [6.07, 6.45) is 0. The molecule has 6 heteroatoms. The van der Waals surface area contributed by atoms with Gasteiger partial charge in [-0.2, -0.15) is 0 Å². The van der Waals surface area contributed by atoms with Gasteiger partial charge in [-0.15, -0.1) is 0 Å². The molecule has 1 aliphatic rings. The second-order valence-electron chi connectivity index (χ2n) is 5.66. The number of carbonyl (C=O) groups is 1. The number of rotatable bonds is 6. The Morgan fingerprint density at radius 3 is 2.68 bits per heavy atom. The smallest absolute Gasteiger partial charge is 0.258 e. The fourth-order valence-electron chi connectivity index (χ4n) is 2.54. The van der Waals surface area contributed by atoms with Crippen LogP contribution in [0.25, 0.3) is 0 Å². The van der Waals surface area contributed by atoms with E-state index in [0.29, 0.717) is 30.5 Å². The summed E-state index contributed by atoms with van der Waals surface area (Å²) in [4.78, 5) is 12.1. The molecule has 1 heterocycles. The van der Waals surface area contributed by atoms with Crippen LogP contribution in [0.4, 0.5) is 0 Å². The van der Waals surface area contributed by atoms with E-state index in [2.05, 4.69) is 5.32 Å². The second-order valence-corrected chi connectivity index (χ2v) is 5.66. The lowest BCUT2D eigenvalue weighted by Crippen LogP contribution is -2.31. The van der Waals surface area contributed by atoms with Crippen LogP contribution in [0.15, 0.2) is 42.5 Å². The van der Waals surface area contributed by atoms with Crippen LogP contribution < -0.4 is 24.3 Å². The minimum atomic E-state index is -0.204. The number of hydrogen-bond acceptors (Lipinski definition) is 5. The lowest BCUT2D eigenvalue weighted by atomic mass is 10.1. The van der Waals surface area contributed by atoms with Crippen molar-refractivity contribution < 1.29 is 23.7 Å². The van der Waals surface area contributed by atoms with Gasteiger partial charge in [-0.05, 0) is 36.8 Å². The fraction of sp³-hybridized carbons (Fsp3) is 0.316. The van der Waals surface area contributed by atoms with E-state index in [-0.39, 0.29) is 18.6 Å². The van der Waals surface area contributed by atoms with Crippen molar-refractivity contribution in [3.63, 3.8) is 0 Å². The molecule has 0 aliphatic carbocycles. The molecule has 0 saturated carbocycles. The first-order valence-electron chi connectivity index (χ1n) is 8.11. The molecule has 0 bridgehead atoms. The predicted molar refractivity (Wildman–Crippen MR) is 92.5 cm³/mol. The van der Waals surface area contributed by atoms with Crippen LogP contribution in [0.3, 0.4) is 0 Å². The van der Waals surface area contributed by atoms with Crippen LogP contribution in [0.2, 0.25) is 0 Å². The van der Waals surface area contributed by atoms with E-state index in [1.165, 1.54) is 0 Å². The summed E-state index contributed by atoms with van der Waals surface area (Å²) in [5, 5.41) is 2.91. The minimum absolute atomic E-state index is 0.0674. The third-order valence-corrected chi connectivity index (χ3v) is 3.85. The molecular formula is C19H21NO5. The maximum atomic E-state index is 12.1. The molecule has 3 rings (SSSR count). The number of nitrogens with one attached hydrogen (secondary N) is 1. The van der Waals surface area contributed by atoms with Crippen LogP contribution in [-0.4, -0.2) is 32.8 Å². The molecular weight excluding hydrogens is 322 g/mol. The fourth-order valence-corrected chi connectivity index (χ4v) is 2.54. The highest BCUT2D eigenvalue weighted by Gasteiger charge is 2.16. The molecule has 1 atom stereocenters. The van der Waals surface area contributed by atoms with Crippen LogP contribution in [0.1, 0.15) is 18.5 Å². The van der Waals surface area contributed by atoms with E-state index in [4.69, 9.17) is 18.9 Å². The first-order chi connectivity index (χ1) is 12.2. The minimum Gasteiger partial charge on any atom is -0.497 e. The molecule has 2 aromatic carbocycles. The molecule has 0 fully saturated rings. The molecule has 0 aromatic heterocycles. The van der Waals surface area contributed by atoms with E-state index in [9.17, 15) is 4.79 Å². The molecule has 25 heavy (non-hydrogen) atoms. The van der Waals surface area contributed by atoms with Gasteiger partial charge in [-0.25, -0.2) is 0 Å². The van der Waals surface area contributed by atoms with E-state index >= 15 is 0 Å². The predicted octanol–water partition coefficient (Wildman–Crippen LogP) is 2.72. The Morgan fingerprint density at radius 1 is 1.12 bits per heavy atom. The van der Waals surface area contributed by atoms with Crippen molar-refractivity contribution >= 4 is 5.91 Å². The summed E-state index contributed by atoms with van der Waals surface area (Å²) in [5.74, 6) is 2.50. The van der Waals surface area contributed by atoms with Gasteiger partial charge >= 0.3 is 0 Å². The van der Waals surface area contributed by atoms with Gasteiger partial charge in [0, 0.05) is 6.07 Å². The first-order valence-corrected chi connectivity index (χ1v) is 8.11. The zero-order valence-electron chi connectivity index (χ0n) is 14.3. The van der Waals surface area contributed by atoms with Gasteiger partial charge in [0.1, 0.15) is 24.7 Å². The average molecular weight is 343 g/mol. The Hall–Kier alpha value is -2.89. The Bertz CT molecular complexity index is 746. The summed E-state index contributed by atoms with van der Waals surface area (Å²) in [5.41, 5.74) is 0.944. The molecule has 0 radical (unpaired) electrons. The molecule has 0 spiro atoms. The number of benzene rings is 2. The zero-order valence-corrected chi connectivity index (χ0v) is 14.3. The summed E-state index contributed by atoms with van der Waals surface area (Å²) in [6, 6.07) is 12.6. The van der Waals surface area contributed by atoms with Crippen molar-refractivity contribution in [3.05, 3.63) is 48.0 Å². The third-order valence-electron chi connectivity index (χ3n) is 3.85. The van der Waals surface area contributed by atoms with E-state index in [1.54, 1.807) is 19.2 Å². The normalized spacial score (nSPS) is 13.7. The number of methoxy groups -OCH3 is 1. The van der Waals surface area contributed by atoms with Gasteiger partial charge in [0.15, 0.2) is 18.1 Å². The Balaban J connectivity index is 1.55. The highest BCUT2D eigenvalue weighted by molar-refractivity contribution is 5.78. The van der Waals surface area contributed by atoms with Crippen LogP contribution in [-0.2, 0) is 4.79 Å². The topological polar surface area (TPSA) is 66.0 Å². The van der Waals surface area contributed by atoms with Crippen molar-refractivity contribution in [2.75, 3.05) is 26.9 Å². The highest BCUT2D eigenvalue weighted by Crippen LogP contribution is 2.32. The van der Waals surface area contributed by atoms with E-state index in [1.807, 2.05) is 37.3 Å². The van der Waals surface area contributed by atoms with Gasteiger partial charge < -0.3 is 24.3 Å². The number of fused-ring (bicyclic) bond motifs is 1.